The minimum atomic E-state index is -0.178. The molecule has 27 heavy (non-hydrogen) atoms. The van der Waals surface area contributed by atoms with Gasteiger partial charge < -0.3 is 5.32 Å². The van der Waals surface area contributed by atoms with Crippen LogP contribution < -0.4 is 5.32 Å². The molecule has 3 heterocycles. The zero-order valence-corrected chi connectivity index (χ0v) is 16.2. The van der Waals surface area contributed by atoms with Crippen molar-refractivity contribution in [1.82, 2.24) is 29.7 Å². The summed E-state index contributed by atoms with van der Waals surface area (Å²) < 4.78 is 4.65. The molecule has 7 nitrogen and oxygen atoms in total. The highest BCUT2D eigenvalue weighted by Gasteiger charge is 2.17. The molecule has 0 atom stereocenters. The molecule has 0 aliphatic rings. The first kappa shape index (κ1) is 17.4. The summed E-state index contributed by atoms with van der Waals surface area (Å²) in [6.07, 6.45) is 4.17. The van der Waals surface area contributed by atoms with E-state index in [0.717, 1.165) is 21.5 Å². The van der Waals surface area contributed by atoms with Gasteiger partial charge in [0.05, 0.1) is 29.7 Å². The van der Waals surface area contributed by atoms with E-state index in [1.165, 1.54) is 0 Å². The Kier molecular flexibility index (Phi) is 4.72. The molecule has 0 aliphatic heterocycles. The summed E-state index contributed by atoms with van der Waals surface area (Å²) in [6, 6.07) is 13.5. The Hall–Kier alpha value is -3.00. The molecule has 0 unspecified atom stereocenters. The minimum Gasteiger partial charge on any atom is -0.345 e. The summed E-state index contributed by atoms with van der Waals surface area (Å²) in [7, 11) is 0. The second kappa shape index (κ2) is 7.32. The molecule has 4 rings (SSSR count). The fraction of sp³-hybridized carbons (Fsp3) is 0.158. The topological polar surface area (TPSA) is 77.1 Å². The number of nitrogens with one attached hydrogen (secondary N) is 1. The first-order chi connectivity index (χ1) is 13.2. The molecule has 0 radical (unpaired) electrons. The van der Waals surface area contributed by atoms with Gasteiger partial charge in [0.25, 0.3) is 5.91 Å². The standard InChI is InChI=1S/C19H17BrN6O/c1-2-16-15(11-22-26(16)14-8-6-13(20)7-9-14)19(27)21-12-18-24-23-17-5-3-4-10-25(17)18/h3-11H,2,12H2,1H3,(H,21,27). The summed E-state index contributed by atoms with van der Waals surface area (Å²) >= 11 is 3.43. The van der Waals surface area contributed by atoms with Crippen molar-refractivity contribution in [2.45, 2.75) is 19.9 Å². The van der Waals surface area contributed by atoms with Crippen molar-refractivity contribution in [3.05, 3.63) is 76.4 Å². The number of carbonyl (C=O) groups is 1. The van der Waals surface area contributed by atoms with Crippen molar-refractivity contribution in [2.75, 3.05) is 0 Å². The number of fused-ring (bicyclic) bond motifs is 1. The zero-order valence-electron chi connectivity index (χ0n) is 14.6. The lowest BCUT2D eigenvalue weighted by atomic mass is 10.2. The van der Waals surface area contributed by atoms with E-state index >= 15 is 0 Å². The molecule has 3 aromatic heterocycles. The smallest absolute Gasteiger partial charge is 0.255 e. The third-order valence-corrected chi connectivity index (χ3v) is 4.84. The monoisotopic (exact) mass is 424 g/mol. The third kappa shape index (κ3) is 3.35. The third-order valence-electron chi connectivity index (χ3n) is 4.31. The summed E-state index contributed by atoms with van der Waals surface area (Å²) in [4.78, 5) is 12.7. The number of rotatable bonds is 5. The highest BCUT2D eigenvalue weighted by atomic mass is 79.9. The molecule has 4 aromatic rings. The number of hydrogen-bond donors (Lipinski definition) is 1. The fourth-order valence-electron chi connectivity index (χ4n) is 2.97. The van der Waals surface area contributed by atoms with E-state index in [4.69, 9.17) is 0 Å². The van der Waals surface area contributed by atoms with Crippen molar-refractivity contribution in [3.63, 3.8) is 0 Å². The molecule has 0 spiro atoms. The average Bonchev–Trinajstić information content (AvgIpc) is 3.31. The number of amides is 1. The van der Waals surface area contributed by atoms with Gasteiger partial charge in [0.1, 0.15) is 0 Å². The molecule has 0 fully saturated rings. The van der Waals surface area contributed by atoms with Crippen LogP contribution in [0.3, 0.4) is 0 Å². The maximum Gasteiger partial charge on any atom is 0.255 e. The van der Waals surface area contributed by atoms with Gasteiger partial charge in [-0.25, -0.2) is 4.68 Å². The summed E-state index contributed by atoms with van der Waals surface area (Å²) in [6.45, 7) is 2.30. The van der Waals surface area contributed by atoms with Crippen molar-refractivity contribution < 1.29 is 4.79 Å². The molecule has 0 bridgehead atoms. The number of benzene rings is 1. The van der Waals surface area contributed by atoms with Crippen LogP contribution in [0.5, 0.6) is 0 Å². The van der Waals surface area contributed by atoms with E-state index in [0.29, 0.717) is 17.8 Å². The van der Waals surface area contributed by atoms with Crippen LogP contribution in [0.1, 0.15) is 28.8 Å². The SMILES string of the molecule is CCc1c(C(=O)NCc2nnc3ccccn23)cnn1-c1ccc(Br)cc1. The fourth-order valence-corrected chi connectivity index (χ4v) is 3.24. The van der Waals surface area contributed by atoms with Crippen molar-refractivity contribution in [2.24, 2.45) is 0 Å². The minimum absolute atomic E-state index is 0.178. The average molecular weight is 425 g/mol. The molecule has 1 N–H and O–H groups in total. The summed E-state index contributed by atoms with van der Waals surface area (Å²) in [5.41, 5.74) is 3.09. The van der Waals surface area contributed by atoms with Crippen LogP contribution in [0.15, 0.2) is 59.3 Å². The van der Waals surface area contributed by atoms with E-state index in [2.05, 4.69) is 36.5 Å². The zero-order chi connectivity index (χ0) is 18.8. The van der Waals surface area contributed by atoms with Crippen LogP contribution in [0, 0.1) is 0 Å². The highest BCUT2D eigenvalue weighted by Crippen LogP contribution is 2.18. The Labute approximate surface area is 164 Å². The molecular weight excluding hydrogens is 408 g/mol. The quantitative estimate of drug-likeness (QED) is 0.533. The van der Waals surface area contributed by atoms with E-state index in [1.54, 1.807) is 10.9 Å². The largest absolute Gasteiger partial charge is 0.345 e. The molecule has 136 valence electrons. The summed E-state index contributed by atoms with van der Waals surface area (Å²) in [5.74, 6) is 0.500. The van der Waals surface area contributed by atoms with Crippen LogP contribution >= 0.6 is 15.9 Å². The lowest BCUT2D eigenvalue weighted by molar-refractivity contribution is 0.0949. The molecule has 1 amide bonds. The van der Waals surface area contributed by atoms with Gasteiger partial charge in [0, 0.05) is 10.7 Å². The first-order valence-electron chi connectivity index (χ1n) is 8.57. The van der Waals surface area contributed by atoms with E-state index in [9.17, 15) is 4.79 Å². The van der Waals surface area contributed by atoms with Gasteiger partial charge in [-0.05, 0) is 42.8 Å². The van der Waals surface area contributed by atoms with Gasteiger partial charge in [-0.3, -0.25) is 9.20 Å². The Morgan fingerprint density at radius 1 is 1.15 bits per heavy atom. The Morgan fingerprint density at radius 2 is 1.96 bits per heavy atom. The molecular formula is C19H17BrN6O. The number of carbonyl (C=O) groups excluding carboxylic acids is 1. The van der Waals surface area contributed by atoms with E-state index in [-0.39, 0.29) is 12.5 Å². The lowest BCUT2D eigenvalue weighted by Crippen LogP contribution is -2.25. The maximum atomic E-state index is 12.7. The van der Waals surface area contributed by atoms with E-state index < -0.39 is 0 Å². The number of nitrogens with zero attached hydrogens (tertiary/aromatic N) is 5. The normalized spacial score (nSPS) is 11.0. The van der Waals surface area contributed by atoms with Crippen LogP contribution in [0.4, 0.5) is 0 Å². The van der Waals surface area contributed by atoms with Gasteiger partial charge in [0.15, 0.2) is 11.5 Å². The number of hydrogen-bond acceptors (Lipinski definition) is 4. The Balaban J connectivity index is 1.56. The Morgan fingerprint density at radius 3 is 2.74 bits per heavy atom. The van der Waals surface area contributed by atoms with Crippen LogP contribution in [0.25, 0.3) is 11.3 Å². The van der Waals surface area contributed by atoms with Crippen LogP contribution in [-0.2, 0) is 13.0 Å². The number of pyridine rings is 1. The van der Waals surface area contributed by atoms with Crippen molar-refractivity contribution in [1.29, 1.82) is 0 Å². The van der Waals surface area contributed by atoms with Crippen molar-refractivity contribution >= 4 is 27.5 Å². The van der Waals surface area contributed by atoms with Gasteiger partial charge in [-0.15, -0.1) is 10.2 Å². The van der Waals surface area contributed by atoms with Gasteiger partial charge in [-0.1, -0.05) is 28.9 Å². The first-order valence-corrected chi connectivity index (χ1v) is 9.36. The molecule has 0 aliphatic carbocycles. The van der Waals surface area contributed by atoms with Gasteiger partial charge in [-0.2, -0.15) is 5.10 Å². The van der Waals surface area contributed by atoms with Crippen LogP contribution in [-0.4, -0.2) is 30.3 Å². The highest BCUT2D eigenvalue weighted by molar-refractivity contribution is 9.10. The van der Waals surface area contributed by atoms with E-state index in [1.807, 2.05) is 60.0 Å². The summed E-state index contributed by atoms with van der Waals surface area (Å²) in [5, 5.41) is 15.6. The Bertz CT molecular complexity index is 1100. The molecule has 8 heteroatoms. The predicted octanol–water partition coefficient (Wildman–Crippen LogP) is 3.17. The predicted molar refractivity (Wildman–Crippen MR) is 105 cm³/mol. The molecule has 1 aromatic carbocycles. The second-order valence-corrected chi connectivity index (χ2v) is 6.89. The van der Waals surface area contributed by atoms with Gasteiger partial charge in [0.2, 0.25) is 0 Å². The number of halogens is 1. The van der Waals surface area contributed by atoms with Crippen LogP contribution in [0.2, 0.25) is 0 Å². The molecule has 0 saturated heterocycles. The maximum absolute atomic E-state index is 12.7. The van der Waals surface area contributed by atoms with Gasteiger partial charge >= 0.3 is 0 Å². The number of aromatic nitrogens is 5. The molecule has 0 saturated carbocycles. The van der Waals surface area contributed by atoms with Crippen molar-refractivity contribution in [3.8, 4) is 5.69 Å². The second-order valence-electron chi connectivity index (χ2n) is 5.97. The lowest BCUT2D eigenvalue weighted by Gasteiger charge is -2.08.